The van der Waals surface area contributed by atoms with Gasteiger partial charge >= 0.3 is 6.03 Å². The molecule has 1 aliphatic rings. The van der Waals surface area contributed by atoms with Crippen molar-refractivity contribution in [1.82, 2.24) is 9.80 Å². The van der Waals surface area contributed by atoms with Crippen LogP contribution in [-0.4, -0.2) is 42.0 Å². The molecule has 3 heteroatoms. The van der Waals surface area contributed by atoms with Crippen molar-refractivity contribution >= 4 is 6.03 Å². The standard InChI is InChI=1S/C13H18N2O/c1-10-12(15(3)13(16)14(10)2)9-11-7-5-4-6-8-11/h4-8,10,12H,9H2,1-3H3/t10?,12-/m0/s1. The molecule has 1 aromatic carbocycles. The summed E-state index contributed by atoms with van der Waals surface area (Å²) in [6.07, 6.45) is 0.925. The third-order valence-corrected chi connectivity index (χ3v) is 3.56. The van der Waals surface area contributed by atoms with Gasteiger partial charge < -0.3 is 9.80 Å². The van der Waals surface area contributed by atoms with Crippen molar-refractivity contribution in [3.63, 3.8) is 0 Å². The fraction of sp³-hybridized carbons (Fsp3) is 0.462. The van der Waals surface area contributed by atoms with E-state index < -0.39 is 0 Å². The summed E-state index contributed by atoms with van der Waals surface area (Å²) in [4.78, 5) is 15.4. The molecule has 0 spiro atoms. The highest BCUT2D eigenvalue weighted by Gasteiger charge is 2.38. The van der Waals surface area contributed by atoms with E-state index in [9.17, 15) is 4.79 Å². The lowest BCUT2D eigenvalue weighted by atomic mass is 10.0. The van der Waals surface area contributed by atoms with E-state index in [1.165, 1.54) is 5.56 Å². The Bertz CT molecular complexity index is 377. The first kappa shape index (κ1) is 11.0. The Morgan fingerprint density at radius 1 is 1.12 bits per heavy atom. The number of rotatable bonds is 2. The van der Waals surface area contributed by atoms with Crippen LogP contribution in [0.2, 0.25) is 0 Å². The molecule has 0 bridgehead atoms. The van der Waals surface area contributed by atoms with Crippen molar-refractivity contribution < 1.29 is 4.79 Å². The van der Waals surface area contributed by atoms with Gasteiger partial charge in [0.2, 0.25) is 0 Å². The third-order valence-electron chi connectivity index (χ3n) is 3.56. The summed E-state index contributed by atoms with van der Waals surface area (Å²) in [7, 11) is 3.75. The molecule has 2 rings (SSSR count). The lowest BCUT2D eigenvalue weighted by molar-refractivity contribution is 0.200. The maximum absolute atomic E-state index is 11.8. The molecule has 2 amide bonds. The maximum atomic E-state index is 11.8. The molecule has 86 valence electrons. The highest BCUT2D eigenvalue weighted by molar-refractivity contribution is 5.77. The highest BCUT2D eigenvalue weighted by atomic mass is 16.2. The van der Waals surface area contributed by atoms with Crippen molar-refractivity contribution in [3.05, 3.63) is 35.9 Å². The van der Waals surface area contributed by atoms with Crippen LogP contribution in [0.3, 0.4) is 0 Å². The molecule has 0 aromatic heterocycles. The summed E-state index contributed by atoms with van der Waals surface area (Å²) < 4.78 is 0. The lowest BCUT2D eigenvalue weighted by Crippen LogP contribution is -2.34. The third kappa shape index (κ3) is 1.77. The smallest absolute Gasteiger partial charge is 0.320 e. The fourth-order valence-corrected chi connectivity index (χ4v) is 2.31. The maximum Gasteiger partial charge on any atom is 0.320 e. The van der Waals surface area contributed by atoms with Gasteiger partial charge in [0.25, 0.3) is 0 Å². The number of carbonyl (C=O) groups excluding carboxylic acids is 1. The van der Waals surface area contributed by atoms with Gasteiger partial charge in [-0.25, -0.2) is 4.79 Å². The van der Waals surface area contributed by atoms with Crippen LogP contribution in [0.1, 0.15) is 12.5 Å². The molecule has 0 N–H and O–H groups in total. The van der Waals surface area contributed by atoms with E-state index in [0.29, 0.717) is 0 Å². The van der Waals surface area contributed by atoms with Crippen LogP contribution in [0, 0.1) is 0 Å². The molecule has 0 saturated carbocycles. The zero-order chi connectivity index (χ0) is 11.7. The lowest BCUT2D eigenvalue weighted by Gasteiger charge is -2.21. The number of urea groups is 1. The number of hydrogen-bond acceptors (Lipinski definition) is 1. The van der Waals surface area contributed by atoms with Gasteiger partial charge in [0.05, 0.1) is 12.1 Å². The van der Waals surface area contributed by atoms with Crippen LogP contribution in [0.4, 0.5) is 4.79 Å². The van der Waals surface area contributed by atoms with Gasteiger partial charge in [-0.05, 0) is 18.9 Å². The quantitative estimate of drug-likeness (QED) is 0.744. The minimum absolute atomic E-state index is 0.119. The second kappa shape index (κ2) is 4.16. The molecular formula is C13H18N2O. The van der Waals surface area contributed by atoms with E-state index in [4.69, 9.17) is 0 Å². The number of hydrogen-bond donors (Lipinski definition) is 0. The topological polar surface area (TPSA) is 23.6 Å². The second-order valence-electron chi connectivity index (χ2n) is 4.50. The number of amides is 2. The summed E-state index contributed by atoms with van der Waals surface area (Å²) in [6, 6.07) is 11.0. The van der Waals surface area contributed by atoms with Gasteiger partial charge in [-0.2, -0.15) is 0 Å². The number of likely N-dealkylation sites (N-methyl/N-ethyl adjacent to an activating group) is 2. The molecule has 1 fully saturated rings. The fourth-order valence-electron chi connectivity index (χ4n) is 2.31. The minimum atomic E-state index is 0.119. The van der Waals surface area contributed by atoms with Crippen molar-refractivity contribution in [3.8, 4) is 0 Å². The van der Waals surface area contributed by atoms with Crippen LogP contribution in [0.15, 0.2) is 30.3 Å². The normalized spacial score (nSPS) is 25.3. The zero-order valence-corrected chi connectivity index (χ0v) is 10.1. The van der Waals surface area contributed by atoms with Crippen molar-refractivity contribution in [2.24, 2.45) is 0 Å². The Morgan fingerprint density at radius 3 is 2.25 bits per heavy atom. The number of carbonyl (C=O) groups is 1. The number of nitrogens with zero attached hydrogens (tertiary/aromatic N) is 2. The van der Waals surface area contributed by atoms with Gasteiger partial charge in [0, 0.05) is 14.1 Å². The van der Waals surface area contributed by atoms with Gasteiger partial charge in [0.15, 0.2) is 0 Å². The molecule has 0 aliphatic carbocycles. The second-order valence-corrected chi connectivity index (χ2v) is 4.50. The summed E-state index contributed by atoms with van der Waals surface area (Å²) in [5.74, 6) is 0. The molecule has 1 aromatic rings. The average Bonchev–Trinajstić information content (AvgIpc) is 2.48. The molecule has 3 nitrogen and oxygen atoms in total. The van der Waals surface area contributed by atoms with E-state index >= 15 is 0 Å². The van der Waals surface area contributed by atoms with Crippen LogP contribution >= 0.6 is 0 Å². The van der Waals surface area contributed by atoms with Crippen molar-refractivity contribution in [2.75, 3.05) is 14.1 Å². The van der Waals surface area contributed by atoms with Gasteiger partial charge in [-0.3, -0.25) is 0 Å². The average molecular weight is 218 g/mol. The first-order valence-electron chi connectivity index (χ1n) is 5.65. The Labute approximate surface area is 96.7 Å². The molecule has 16 heavy (non-hydrogen) atoms. The summed E-state index contributed by atoms with van der Waals surface area (Å²) in [5, 5.41) is 0. The summed E-state index contributed by atoms with van der Waals surface area (Å²) >= 11 is 0. The Balaban J connectivity index is 2.14. The SMILES string of the molecule is CC1[C@H](Cc2ccccc2)N(C)C(=O)N1C. The van der Waals surface area contributed by atoms with Crippen LogP contribution in [-0.2, 0) is 6.42 Å². The predicted octanol–water partition coefficient (Wildman–Crippen LogP) is 1.98. The van der Waals surface area contributed by atoms with Crippen LogP contribution < -0.4 is 0 Å². The first-order valence-corrected chi connectivity index (χ1v) is 5.65. The van der Waals surface area contributed by atoms with Crippen LogP contribution in [0.5, 0.6) is 0 Å². The molecule has 2 atom stereocenters. The van der Waals surface area contributed by atoms with Gasteiger partial charge in [0.1, 0.15) is 0 Å². The molecule has 1 heterocycles. The van der Waals surface area contributed by atoms with Gasteiger partial charge in [-0.1, -0.05) is 30.3 Å². The van der Waals surface area contributed by atoms with Crippen LogP contribution in [0.25, 0.3) is 0 Å². The molecule has 1 aliphatic heterocycles. The zero-order valence-electron chi connectivity index (χ0n) is 10.1. The summed E-state index contributed by atoms with van der Waals surface area (Å²) in [6.45, 7) is 2.11. The van der Waals surface area contributed by atoms with E-state index in [2.05, 4.69) is 19.1 Å². The number of benzene rings is 1. The first-order chi connectivity index (χ1) is 7.61. The Morgan fingerprint density at radius 2 is 1.75 bits per heavy atom. The Kier molecular flexibility index (Phi) is 2.86. The van der Waals surface area contributed by atoms with E-state index in [1.807, 2.05) is 42.1 Å². The van der Waals surface area contributed by atoms with E-state index in [1.54, 1.807) is 0 Å². The van der Waals surface area contributed by atoms with E-state index in [0.717, 1.165) is 6.42 Å². The monoisotopic (exact) mass is 218 g/mol. The molecule has 1 saturated heterocycles. The minimum Gasteiger partial charge on any atom is -0.323 e. The highest BCUT2D eigenvalue weighted by Crippen LogP contribution is 2.22. The Hall–Kier alpha value is -1.51. The van der Waals surface area contributed by atoms with Crippen molar-refractivity contribution in [1.29, 1.82) is 0 Å². The largest absolute Gasteiger partial charge is 0.323 e. The predicted molar refractivity (Wildman–Crippen MR) is 64.3 cm³/mol. The van der Waals surface area contributed by atoms with Gasteiger partial charge in [-0.15, -0.1) is 0 Å². The van der Waals surface area contributed by atoms with E-state index in [-0.39, 0.29) is 18.1 Å². The van der Waals surface area contributed by atoms with Crippen molar-refractivity contribution in [2.45, 2.75) is 25.4 Å². The molecule has 1 unspecified atom stereocenters. The molecular weight excluding hydrogens is 200 g/mol. The molecule has 0 radical (unpaired) electrons. The summed E-state index contributed by atoms with van der Waals surface area (Å²) in [5.41, 5.74) is 1.29.